The lowest BCUT2D eigenvalue weighted by atomic mass is 9.82. The normalized spacial score (nSPS) is 17.1. The van der Waals surface area contributed by atoms with Crippen molar-refractivity contribution >= 4 is 17.4 Å². The maximum Gasteiger partial charge on any atom is 0.294 e. The topological polar surface area (TPSA) is 66.8 Å². The quantitative estimate of drug-likeness (QED) is 0.794. The Balaban J connectivity index is 2.19. The Morgan fingerprint density at radius 1 is 1.14 bits per heavy atom. The van der Waals surface area contributed by atoms with Gasteiger partial charge >= 0.3 is 0 Å². The molecule has 152 valence electrons. The van der Waals surface area contributed by atoms with Crippen molar-refractivity contribution in [3.05, 3.63) is 71.0 Å². The van der Waals surface area contributed by atoms with Gasteiger partial charge in [-0.05, 0) is 41.8 Å². The molecule has 1 amide bonds. The van der Waals surface area contributed by atoms with Crippen LogP contribution in [0.25, 0.3) is 0 Å². The van der Waals surface area contributed by atoms with Gasteiger partial charge in [-0.25, -0.2) is 0 Å². The van der Waals surface area contributed by atoms with Gasteiger partial charge < -0.3 is 9.84 Å². The number of aliphatic hydroxyl groups excluding tert-OH is 1. The maximum atomic E-state index is 13.2. The number of amides is 1. The van der Waals surface area contributed by atoms with Gasteiger partial charge in [0.2, 0.25) is 0 Å². The number of Topliss-reactive ketones (excluding diaryl/α,β-unsaturated/α-hetero) is 1. The summed E-state index contributed by atoms with van der Waals surface area (Å²) < 4.78 is 5.34. The molecule has 5 nitrogen and oxygen atoms in total. The highest BCUT2D eigenvalue weighted by molar-refractivity contribution is 6.17. The zero-order chi connectivity index (χ0) is 21.3. The third-order valence-corrected chi connectivity index (χ3v) is 5.17. The van der Waals surface area contributed by atoms with E-state index in [1.807, 2.05) is 36.4 Å². The first-order chi connectivity index (χ1) is 13.7. The van der Waals surface area contributed by atoms with Gasteiger partial charge in [0.1, 0.15) is 5.75 Å². The molecule has 0 saturated carbocycles. The summed E-state index contributed by atoms with van der Waals surface area (Å²) in [6, 6.07) is 14.1. The number of carbonyl (C=O) groups excluding carboxylic acids is 2. The Kier molecular flexibility index (Phi) is 5.51. The monoisotopic (exact) mass is 393 g/mol. The van der Waals surface area contributed by atoms with Crippen LogP contribution < -0.4 is 9.64 Å². The number of hydrogen-bond donors (Lipinski definition) is 1. The van der Waals surface area contributed by atoms with Gasteiger partial charge in [-0.3, -0.25) is 14.5 Å². The van der Waals surface area contributed by atoms with E-state index in [0.29, 0.717) is 17.0 Å². The summed E-state index contributed by atoms with van der Waals surface area (Å²) >= 11 is 0. The molecule has 0 spiro atoms. The zero-order valence-electron chi connectivity index (χ0n) is 17.5. The van der Waals surface area contributed by atoms with E-state index in [-0.39, 0.29) is 11.4 Å². The summed E-state index contributed by atoms with van der Waals surface area (Å²) in [5, 5.41) is 10.7. The van der Waals surface area contributed by atoms with E-state index < -0.39 is 23.1 Å². The largest absolute Gasteiger partial charge is 0.503 e. The molecule has 1 aliphatic heterocycles. The Morgan fingerprint density at radius 2 is 1.79 bits per heavy atom. The average Bonchev–Trinajstić information content (AvgIpc) is 2.97. The van der Waals surface area contributed by atoms with E-state index in [1.54, 1.807) is 40.0 Å². The molecule has 0 fully saturated rings. The van der Waals surface area contributed by atoms with Crippen molar-refractivity contribution in [2.45, 2.75) is 40.2 Å². The second-order valence-electron chi connectivity index (χ2n) is 8.22. The van der Waals surface area contributed by atoms with Crippen molar-refractivity contribution in [1.29, 1.82) is 0 Å². The lowest BCUT2D eigenvalue weighted by Gasteiger charge is -2.29. The van der Waals surface area contributed by atoms with Crippen molar-refractivity contribution in [1.82, 2.24) is 0 Å². The summed E-state index contributed by atoms with van der Waals surface area (Å²) in [5.41, 5.74) is 1.84. The fourth-order valence-corrected chi connectivity index (χ4v) is 3.53. The second kappa shape index (κ2) is 7.74. The highest BCUT2D eigenvalue weighted by Crippen LogP contribution is 2.43. The highest BCUT2D eigenvalue weighted by Gasteiger charge is 2.46. The predicted molar refractivity (Wildman–Crippen MR) is 113 cm³/mol. The molecule has 3 rings (SSSR count). The van der Waals surface area contributed by atoms with E-state index in [1.165, 1.54) is 4.90 Å². The Bertz CT molecular complexity index is 967. The molecule has 1 aliphatic rings. The van der Waals surface area contributed by atoms with E-state index in [4.69, 9.17) is 4.74 Å². The van der Waals surface area contributed by atoms with E-state index in [9.17, 15) is 14.7 Å². The van der Waals surface area contributed by atoms with Crippen LogP contribution in [0.2, 0.25) is 0 Å². The molecule has 1 unspecified atom stereocenters. The number of ketones is 1. The van der Waals surface area contributed by atoms with Crippen molar-refractivity contribution in [2.24, 2.45) is 5.41 Å². The summed E-state index contributed by atoms with van der Waals surface area (Å²) in [6.45, 7) is 7.40. The van der Waals surface area contributed by atoms with Gasteiger partial charge in [0, 0.05) is 11.1 Å². The number of hydrogen-bond acceptors (Lipinski definition) is 4. The Labute approximate surface area is 171 Å². The van der Waals surface area contributed by atoms with E-state index >= 15 is 0 Å². The van der Waals surface area contributed by atoms with Crippen molar-refractivity contribution in [3.8, 4) is 5.75 Å². The molecule has 2 aromatic rings. The molecule has 0 aromatic heterocycles. The SMILES string of the molecule is CCc1ccc(N2C(=O)C(O)=C(C(=O)C(C)(C)C)C2c2cccc(OC)c2)cc1. The van der Waals surface area contributed by atoms with Crippen molar-refractivity contribution in [2.75, 3.05) is 12.0 Å². The number of aliphatic hydroxyl groups is 1. The summed E-state index contributed by atoms with van der Waals surface area (Å²) in [4.78, 5) is 27.8. The van der Waals surface area contributed by atoms with Crippen LogP contribution in [0.1, 0.15) is 44.9 Å². The smallest absolute Gasteiger partial charge is 0.294 e. The summed E-state index contributed by atoms with van der Waals surface area (Å²) in [5.74, 6) is -0.707. The van der Waals surface area contributed by atoms with Gasteiger partial charge in [-0.1, -0.05) is 52.0 Å². The van der Waals surface area contributed by atoms with Crippen LogP contribution in [0.3, 0.4) is 0 Å². The predicted octanol–water partition coefficient (Wildman–Crippen LogP) is 4.77. The molecule has 0 bridgehead atoms. The number of ether oxygens (including phenoxy) is 1. The Morgan fingerprint density at radius 3 is 2.34 bits per heavy atom. The van der Waals surface area contributed by atoms with Gasteiger partial charge in [0.15, 0.2) is 11.5 Å². The molecular formula is C24H27NO4. The minimum absolute atomic E-state index is 0.121. The minimum Gasteiger partial charge on any atom is -0.503 e. The third-order valence-electron chi connectivity index (χ3n) is 5.17. The number of benzene rings is 2. The number of carbonyl (C=O) groups is 2. The average molecular weight is 393 g/mol. The first kappa shape index (κ1) is 20.6. The number of rotatable bonds is 5. The van der Waals surface area contributed by atoms with Crippen LogP contribution >= 0.6 is 0 Å². The molecule has 0 saturated heterocycles. The molecular weight excluding hydrogens is 366 g/mol. The van der Waals surface area contributed by atoms with E-state index in [0.717, 1.165) is 12.0 Å². The Hall–Kier alpha value is -3.08. The molecule has 5 heteroatoms. The summed E-state index contributed by atoms with van der Waals surface area (Å²) in [7, 11) is 1.56. The molecule has 0 radical (unpaired) electrons. The lowest BCUT2D eigenvalue weighted by molar-refractivity contribution is -0.123. The van der Waals surface area contributed by atoms with Gasteiger partial charge in [0.05, 0.1) is 18.7 Å². The highest BCUT2D eigenvalue weighted by atomic mass is 16.5. The van der Waals surface area contributed by atoms with Crippen LogP contribution in [0, 0.1) is 5.41 Å². The van der Waals surface area contributed by atoms with Crippen LogP contribution in [0.15, 0.2) is 59.9 Å². The molecule has 1 N–H and O–H groups in total. The van der Waals surface area contributed by atoms with Gasteiger partial charge in [-0.15, -0.1) is 0 Å². The van der Waals surface area contributed by atoms with Crippen LogP contribution in [-0.2, 0) is 16.0 Å². The maximum absolute atomic E-state index is 13.2. The van der Waals surface area contributed by atoms with Crippen molar-refractivity contribution < 1.29 is 19.4 Å². The fraction of sp³-hybridized carbons (Fsp3) is 0.333. The van der Waals surface area contributed by atoms with E-state index in [2.05, 4.69) is 6.92 Å². The van der Waals surface area contributed by atoms with Crippen LogP contribution in [0.5, 0.6) is 5.75 Å². The first-order valence-electron chi connectivity index (χ1n) is 9.73. The number of nitrogens with zero attached hydrogens (tertiary/aromatic N) is 1. The molecule has 1 heterocycles. The van der Waals surface area contributed by atoms with Crippen molar-refractivity contribution in [3.63, 3.8) is 0 Å². The first-order valence-corrected chi connectivity index (χ1v) is 9.73. The molecule has 2 aromatic carbocycles. The standard InChI is InChI=1S/C24H27NO4/c1-6-15-10-12-17(13-11-15)25-20(16-8-7-9-18(14-16)29-5)19(21(26)23(25)28)22(27)24(2,3)4/h7-14,20,26H,6H2,1-5H3. The van der Waals surface area contributed by atoms with Crippen LogP contribution in [0.4, 0.5) is 5.69 Å². The number of anilines is 1. The molecule has 0 aliphatic carbocycles. The third kappa shape index (κ3) is 3.77. The fourth-order valence-electron chi connectivity index (χ4n) is 3.53. The number of methoxy groups -OCH3 is 1. The zero-order valence-corrected chi connectivity index (χ0v) is 17.5. The minimum atomic E-state index is -0.747. The number of aryl methyl sites for hydroxylation is 1. The second-order valence-corrected chi connectivity index (χ2v) is 8.22. The molecule has 1 atom stereocenters. The van der Waals surface area contributed by atoms with Gasteiger partial charge in [0.25, 0.3) is 5.91 Å². The summed E-state index contributed by atoms with van der Waals surface area (Å²) in [6.07, 6.45) is 0.880. The van der Waals surface area contributed by atoms with Crippen LogP contribution in [-0.4, -0.2) is 23.9 Å². The molecule has 29 heavy (non-hydrogen) atoms. The van der Waals surface area contributed by atoms with Gasteiger partial charge in [-0.2, -0.15) is 0 Å². The lowest BCUT2D eigenvalue weighted by Crippen LogP contribution is -2.32.